The molecule has 1 heterocycles. The Labute approximate surface area is 117 Å². The van der Waals surface area contributed by atoms with Gasteiger partial charge in [0.15, 0.2) is 0 Å². The Bertz CT molecular complexity index is 732. The van der Waals surface area contributed by atoms with Crippen LogP contribution in [0.25, 0.3) is 10.9 Å². The van der Waals surface area contributed by atoms with Gasteiger partial charge >= 0.3 is 0 Å². The zero-order valence-corrected chi connectivity index (χ0v) is 11.3. The van der Waals surface area contributed by atoms with Gasteiger partial charge in [-0.1, -0.05) is 35.9 Å². The summed E-state index contributed by atoms with van der Waals surface area (Å²) in [5.74, 6) is 0. The lowest BCUT2D eigenvalue weighted by atomic mass is 10.1. The van der Waals surface area contributed by atoms with Gasteiger partial charge in [0.1, 0.15) is 0 Å². The third kappa shape index (κ3) is 2.27. The fourth-order valence-corrected chi connectivity index (χ4v) is 2.27. The summed E-state index contributed by atoms with van der Waals surface area (Å²) in [6.07, 6.45) is 1.81. The van der Waals surface area contributed by atoms with Crippen molar-refractivity contribution < 1.29 is 0 Å². The number of hydrogen-bond donors (Lipinski definition) is 1. The molecule has 94 valence electrons. The average molecular weight is 269 g/mol. The molecular weight excluding hydrogens is 256 g/mol. The standard InChI is InChI=1S/C16H13ClN2/c1-11-13(17)6-4-8-14(11)19-16-9-10-18-15-7-3-2-5-12(15)16/h2-10H,1H3,(H,18,19). The molecule has 2 nitrogen and oxygen atoms in total. The highest BCUT2D eigenvalue weighted by Crippen LogP contribution is 2.29. The molecule has 1 N–H and O–H groups in total. The molecule has 0 saturated carbocycles. The molecular formula is C16H13ClN2. The predicted octanol–water partition coefficient (Wildman–Crippen LogP) is 4.94. The monoisotopic (exact) mass is 268 g/mol. The summed E-state index contributed by atoms with van der Waals surface area (Å²) in [7, 11) is 0. The van der Waals surface area contributed by atoms with E-state index in [1.807, 2.05) is 55.6 Å². The number of halogens is 1. The fraction of sp³-hybridized carbons (Fsp3) is 0.0625. The van der Waals surface area contributed by atoms with Gasteiger partial charge in [0.25, 0.3) is 0 Å². The van der Waals surface area contributed by atoms with Crippen LogP contribution in [-0.2, 0) is 0 Å². The third-order valence-electron chi connectivity index (χ3n) is 3.19. The van der Waals surface area contributed by atoms with Crippen LogP contribution in [0.3, 0.4) is 0 Å². The highest BCUT2D eigenvalue weighted by molar-refractivity contribution is 6.31. The predicted molar refractivity (Wildman–Crippen MR) is 81.2 cm³/mol. The number of fused-ring (bicyclic) bond motifs is 1. The van der Waals surface area contributed by atoms with Crippen LogP contribution in [0.15, 0.2) is 54.7 Å². The summed E-state index contributed by atoms with van der Waals surface area (Å²) in [5.41, 5.74) is 4.08. The van der Waals surface area contributed by atoms with Gasteiger partial charge in [0.2, 0.25) is 0 Å². The van der Waals surface area contributed by atoms with Crippen molar-refractivity contribution in [3.63, 3.8) is 0 Å². The topological polar surface area (TPSA) is 24.9 Å². The first-order valence-corrected chi connectivity index (χ1v) is 6.49. The molecule has 0 aliphatic heterocycles. The highest BCUT2D eigenvalue weighted by atomic mass is 35.5. The van der Waals surface area contributed by atoms with Gasteiger partial charge in [0.05, 0.1) is 5.52 Å². The van der Waals surface area contributed by atoms with Crippen LogP contribution >= 0.6 is 11.6 Å². The van der Waals surface area contributed by atoms with Crippen LogP contribution in [0, 0.1) is 6.92 Å². The zero-order valence-electron chi connectivity index (χ0n) is 10.5. The molecule has 0 saturated heterocycles. The SMILES string of the molecule is Cc1c(Cl)cccc1Nc1ccnc2ccccc12. The second kappa shape index (κ2) is 4.90. The summed E-state index contributed by atoms with van der Waals surface area (Å²) in [6.45, 7) is 2.01. The summed E-state index contributed by atoms with van der Waals surface area (Å²) in [4.78, 5) is 4.36. The largest absolute Gasteiger partial charge is 0.355 e. The molecule has 0 radical (unpaired) electrons. The number of aromatic nitrogens is 1. The Balaban J connectivity index is 2.09. The van der Waals surface area contributed by atoms with Crippen LogP contribution in [0.4, 0.5) is 11.4 Å². The van der Waals surface area contributed by atoms with E-state index in [2.05, 4.69) is 16.4 Å². The van der Waals surface area contributed by atoms with Crippen molar-refractivity contribution in [1.82, 2.24) is 4.98 Å². The van der Waals surface area contributed by atoms with Crippen molar-refractivity contribution in [1.29, 1.82) is 0 Å². The van der Waals surface area contributed by atoms with E-state index in [1.54, 1.807) is 0 Å². The highest BCUT2D eigenvalue weighted by Gasteiger charge is 2.05. The molecule has 0 atom stereocenters. The summed E-state index contributed by atoms with van der Waals surface area (Å²) in [6, 6.07) is 15.9. The maximum Gasteiger partial charge on any atom is 0.0722 e. The van der Waals surface area contributed by atoms with Gasteiger partial charge in [-0.2, -0.15) is 0 Å². The van der Waals surface area contributed by atoms with E-state index in [9.17, 15) is 0 Å². The molecule has 0 spiro atoms. The number of nitrogens with one attached hydrogen (secondary N) is 1. The molecule has 0 amide bonds. The molecule has 3 heteroatoms. The second-order valence-corrected chi connectivity index (χ2v) is 4.82. The van der Waals surface area contributed by atoms with Crippen molar-refractivity contribution in [2.75, 3.05) is 5.32 Å². The van der Waals surface area contributed by atoms with Crippen molar-refractivity contribution in [2.45, 2.75) is 6.92 Å². The number of rotatable bonds is 2. The molecule has 2 aromatic carbocycles. The third-order valence-corrected chi connectivity index (χ3v) is 3.60. The maximum atomic E-state index is 6.15. The lowest BCUT2D eigenvalue weighted by Gasteiger charge is -2.12. The van der Waals surface area contributed by atoms with Crippen LogP contribution in [0.1, 0.15) is 5.56 Å². The van der Waals surface area contributed by atoms with Crippen molar-refractivity contribution in [2.24, 2.45) is 0 Å². The average Bonchev–Trinajstić information content (AvgIpc) is 2.44. The first-order chi connectivity index (χ1) is 9.25. The van der Waals surface area contributed by atoms with Crippen LogP contribution in [-0.4, -0.2) is 4.98 Å². The van der Waals surface area contributed by atoms with Crippen molar-refractivity contribution in [3.8, 4) is 0 Å². The van der Waals surface area contributed by atoms with E-state index >= 15 is 0 Å². The number of pyridine rings is 1. The maximum absolute atomic E-state index is 6.15. The number of hydrogen-bond acceptors (Lipinski definition) is 2. The van der Waals surface area contributed by atoms with E-state index in [0.717, 1.165) is 32.9 Å². The molecule has 0 aliphatic carbocycles. The van der Waals surface area contributed by atoms with Gasteiger partial charge in [-0.25, -0.2) is 0 Å². The van der Waals surface area contributed by atoms with Crippen LogP contribution < -0.4 is 5.32 Å². The molecule has 19 heavy (non-hydrogen) atoms. The van der Waals surface area contributed by atoms with E-state index in [0.29, 0.717) is 0 Å². The number of nitrogens with zero attached hydrogens (tertiary/aromatic N) is 1. The summed E-state index contributed by atoms with van der Waals surface area (Å²) in [5, 5.41) is 5.30. The molecule has 3 rings (SSSR count). The Hall–Kier alpha value is -2.06. The van der Waals surface area contributed by atoms with E-state index < -0.39 is 0 Å². The fourth-order valence-electron chi connectivity index (χ4n) is 2.09. The van der Waals surface area contributed by atoms with Gasteiger partial charge in [0, 0.05) is 28.0 Å². The molecule has 0 bridgehead atoms. The Morgan fingerprint density at radius 1 is 0.947 bits per heavy atom. The lowest BCUT2D eigenvalue weighted by Crippen LogP contribution is -1.95. The van der Waals surface area contributed by atoms with E-state index in [1.165, 1.54) is 0 Å². The van der Waals surface area contributed by atoms with Crippen LogP contribution in [0.5, 0.6) is 0 Å². The Morgan fingerprint density at radius 2 is 1.79 bits per heavy atom. The first kappa shape index (κ1) is 12.0. The van der Waals surface area contributed by atoms with Gasteiger partial charge < -0.3 is 5.32 Å². The Morgan fingerprint density at radius 3 is 2.68 bits per heavy atom. The van der Waals surface area contributed by atoms with Crippen molar-refractivity contribution >= 4 is 33.9 Å². The van der Waals surface area contributed by atoms with E-state index in [4.69, 9.17) is 11.6 Å². The number of anilines is 2. The van der Waals surface area contributed by atoms with Crippen LogP contribution in [0.2, 0.25) is 5.02 Å². The minimum absolute atomic E-state index is 0.767. The lowest BCUT2D eigenvalue weighted by molar-refractivity contribution is 1.39. The minimum atomic E-state index is 0.767. The van der Waals surface area contributed by atoms with Gasteiger partial charge in [-0.15, -0.1) is 0 Å². The molecule has 0 fully saturated rings. The minimum Gasteiger partial charge on any atom is -0.355 e. The summed E-state index contributed by atoms with van der Waals surface area (Å²) >= 11 is 6.15. The normalized spacial score (nSPS) is 10.6. The first-order valence-electron chi connectivity index (χ1n) is 6.11. The van der Waals surface area contributed by atoms with Gasteiger partial charge in [-0.05, 0) is 36.8 Å². The van der Waals surface area contributed by atoms with E-state index in [-0.39, 0.29) is 0 Å². The second-order valence-electron chi connectivity index (χ2n) is 4.41. The molecule has 3 aromatic rings. The number of benzene rings is 2. The van der Waals surface area contributed by atoms with Gasteiger partial charge in [-0.3, -0.25) is 4.98 Å². The number of para-hydroxylation sites is 1. The quantitative estimate of drug-likeness (QED) is 0.712. The molecule has 1 aromatic heterocycles. The smallest absolute Gasteiger partial charge is 0.0722 e. The van der Waals surface area contributed by atoms with Crippen molar-refractivity contribution in [3.05, 3.63) is 65.3 Å². The Kier molecular flexibility index (Phi) is 3.10. The molecule has 0 unspecified atom stereocenters. The summed E-state index contributed by atoms with van der Waals surface area (Å²) < 4.78 is 0. The molecule has 0 aliphatic rings. The zero-order chi connectivity index (χ0) is 13.2.